The van der Waals surface area contributed by atoms with Gasteiger partial charge in [0.1, 0.15) is 11.8 Å². The van der Waals surface area contributed by atoms with E-state index in [1.807, 2.05) is 38.1 Å². The fourth-order valence-corrected chi connectivity index (χ4v) is 2.24. The third-order valence-corrected chi connectivity index (χ3v) is 3.40. The summed E-state index contributed by atoms with van der Waals surface area (Å²) in [6, 6.07) is 15.3. The molecule has 0 bridgehead atoms. The Hall–Kier alpha value is -2.18. The van der Waals surface area contributed by atoms with E-state index in [0.717, 1.165) is 17.0 Å². The minimum absolute atomic E-state index is 0.0613. The molecule has 0 radical (unpaired) electrons. The van der Waals surface area contributed by atoms with Crippen molar-refractivity contribution in [2.75, 3.05) is 11.9 Å². The largest absolute Gasteiger partial charge is 0.494 e. The van der Waals surface area contributed by atoms with Crippen LogP contribution in [0.2, 0.25) is 5.02 Å². The Balaban J connectivity index is 2.16. The van der Waals surface area contributed by atoms with Crippen molar-refractivity contribution < 1.29 is 4.74 Å². The molecule has 21 heavy (non-hydrogen) atoms. The first-order valence-electron chi connectivity index (χ1n) is 6.83. The molecule has 2 aromatic rings. The first-order chi connectivity index (χ1) is 10.1. The van der Waals surface area contributed by atoms with E-state index in [2.05, 4.69) is 11.4 Å². The molecule has 4 heteroatoms. The lowest BCUT2D eigenvalue weighted by Gasteiger charge is -2.17. The van der Waals surface area contributed by atoms with Crippen LogP contribution in [0.25, 0.3) is 0 Å². The Morgan fingerprint density at radius 2 is 1.95 bits per heavy atom. The SMILES string of the molecule is CCOc1ccc(C(C)Nc2cc(Cl)ccc2C#N)cc1. The Labute approximate surface area is 130 Å². The maximum atomic E-state index is 9.14. The lowest BCUT2D eigenvalue weighted by molar-refractivity contribution is 0.340. The van der Waals surface area contributed by atoms with E-state index < -0.39 is 0 Å². The molecule has 2 rings (SSSR count). The van der Waals surface area contributed by atoms with Gasteiger partial charge in [0.25, 0.3) is 0 Å². The summed E-state index contributed by atoms with van der Waals surface area (Å²) >= 11 is 5.99. The number of rotatable bonds is 5. The summed E-state index contributed by atoms with van der Waals surface area (Å²) in [5.41, 5.74) is 2.44. The van der Waals surface area contributed by atoms with Crippen molar-refractivity contribution in [3.63, 3.8) is 0 Å². The van der Waals surface area contributed by atoms with Crippen LogP contribution in [0.3, 0.4) is 0 Å². The summed E-state index contributed by atoms with van der Waals surface area (Å²) in [5.74, 6) is 0.855. The van der Waals surface area contributed by atoms with E-state index in [4.69, 9.17) is 21.6 Å². The second kappa shape index (κ2) is 7.01. The topological polar surface area (TPSA) is 45.0 Å². The smallest absolute Gasteiger partial charge is 0.119 e. The van der Waals surface area contributed by atoms with Gasteiger partial charge < -0.3 is 10.1 Å². The Morgan fingerprint density at radius 3 is 2.57 bits per heavy atom. The second-order valence-corrected chi connectivity index (χ2v) is 5.11. The van der Waals surface area contributed by atoms with Crippen molar-refractivity contribution in [2.24, 2.45) is 0 Å². The second-order valence-electron chi connectivity index (χ2n) is 4.67. The number of ether oxygens (including phenoxy) is 1. The Bertz CT molecular complexity index is 647. The summed E-state index contributed by atoms with van der Waals surface area (Å²) in [6.07, 6.45) is 0. The zero-order valence-electron chi connectivity index (χ0n) is 12.1. The lowest BCUT2D eigenvalue weighted by Crippen LogP contribution is -2.07. The van der Waals surface area contributed by atoms with Gasteiger partial charge in [0, 0.05) is 11.1 Å². The monoisotopic (exact) mass is 300 g/mol. The molecule has 2 aromatic carbocycles. The van der Waals surface area contributed by atoms with Crippen LogP contribution in [0, 0.1) is 11.3 Å². The van der Waals surface area contributed by atoms with Gasteiger partial charge in [0.05, 0.1) is 17.9 Å². The molecule has 1 unspecified atom stereocenters. The molecule has 0 amide bonds. The minimum atomic E-state index is 0.0613. The lowest BCUT2D eigenvalue weighted by atomic mass is 10.1. The maximum Gasteiger partial charge on any atom is 0.119 e. The van der Waals surface area contributed by atoms with Crippen LogP contribution in [0.5, 0.6) is 5.75 Å². The molecule has 0 fully saturated rings. The highest BCUT2D eigenvalue weighted by atomic mass is 35.5. The van der Waals surface area contributed by atoms with Crippen LogP contribution in [0.15, 0.2) is 42.5 Å². The molecule has 0 saturated carbocycles. The summed E-state index contributed by atoms with van der Waals surface area (Å²) in [7, 11) is 0. The van der Waals surface area contributed by atoms with Crippen molar-refractivity contribution in [3.8, 4) is 11.8 Å². The fraction of sp³-hybridized carbons (Fsp3) is 0.235. The third kappa shape index (κ3) is 3.90. The van der Waals surface area contributed by atoms with Crippen LogP contribution in [-0.2, 0) is 0 Å². The molecule has 0 aliphatic heterocycles. The molecular weight excluding hydrogens is 284 g/mol. The number of nitrogens with zero attached hydrogens (tertiary/aromatic N) is 1. The number of benzene rings is 2. The number of nitrogens with one attached hydrogen (secondary N) is 1. The van der Waals surface area contributed by atoms with Crippen molar-refractivity contribution in [2.45, 2.75) is 19.9 Å². The highest BCUT2D eigenvalue weighted by molar-refractivity contribution is 6.30. The number of hydrogen-bond donors (Lipinski definition) is 1. The molecule has 1 atom stereocenters. The van der Waals surface area contributed by atoms with Gasteiger partial charge in [-0.2, -0.15) is 5.26 Å². The van der Waals surface area contributed by atoms with E-state index in [-0.39, 0.29) is 6.04 Å². The summed E-state index contributed by atoms with van der Waals surface area (Å²) < 4.78 is 5.43. The van der Waals surface area contributed by atoms with Crippen LogP contribution in [0.4, 0.5) is 5.69 Å². The zero-order valence-corrected chi connectivity index (χ0v) is 12.8. The molecule has 0 aliphatic rings. The number of halogens is 1. The predicted molar refractivity (Wildman–Crippen MR) is 85.8 cm³/mol. The normalized spacial score (nSPS) is 11.5. The van der Waals surface area contributed by atoms with Gasteiger partial charge in [-0.05, 0) is 49.7 Å². The zero-order chi connectivity index (χ0) is 15.2. The number of hydrogen-bond acceptors (Lipinski definition) is 3. The predicted octanol–water partition coefficient (Wildman–Crippen LogP) is 4.78. The molecule has 0 aliphatic carbocycles. The van der Waals surface area contributed by atoms with Crippen LogP contribution < -0.4 is 10.1 Å². The highest BCUT2D eigenvalue weighted by Gasteiger charge is 2.09. The van der Waals surface area contributed by atoms with Crippen molar-refractivity contribution >= 4 is 17.3 Å². The van der Waals surface area contributed by atoms with Gasteiger partial charge in [0.2, 0.25) is 0 Å². The van der Waals surface area contributed by atoms with Crippen molar-refractivity contribution in [1.29, 1.82) is 5.26 Å². The highest BCUT2D eigenvalue weighted by Crippen LogP contribution is 2.26. The van der Waals surface area contributed by atoms with E-state index in [0.29, 0.717) is 17.2 Å². The Morgan fingerprint density at radius 1 is 1.24 bits per heavy atom. The van der Waals surface area contributed by atoms with Crippen LogP contribution in [-0.4, -0.2) is 6.61 Å². The number of nitriles is 1. The van der Waals surface area contributed by atoms with Gasteiger partial charge in [-0.1, -0.05) is 23.7 Å². The van der Waals surface area contributed by atoms with Gasteiger partial charge in [-0.3, -0.25) is 0 Å². The summed E-state index contributed by atoms with van der Waals surface area (Å²) in [6.45, 7) is 4.65. The number of anilines is 1. The van der Waals surface area contributed by atoms with Crippen LogP contribution >= 0.6 is 11.6 Å². The average Bonchev–Trinajstić information content (AvgIpc) is 2.48. The van der Waals surface area contributed by atoms with Gasteiger partial charge in [-0.25, -0.2) is 0 Å². The van der Waals surface area contributed by atoms with Gasteiger partial charge in [0.15, 0.2) is 0 Å². The third-order valence-electron chi connectivity index (χ3n) is 3.17. The molecule has 3 nitrogen and oxygen atoms in total. The molecule has 0 spiro atoms. The van der Waals surface area contributed by atoms with E-state index >= 15 is 0 Å². The first-order valence-corrected chi connectivity index (χ1v) is 7.20. The Kier molecular flexibility index (Phi) is 5.08. The molecule has 108 valence electrons. The standard InChI is InChI=1S/C17H17ClN2O/c1-3-21-16-8-5-13(6-9-16)12(2)20-17-10-15(18)7-4-14(17)11-19/h4-10,12,20H,3H2,1-2H3. The molecule has 0 heterocycles. The summed E-state index contributed by atoms with van der Waals surface area (Å²) in [5, 5.41) is 13.1. The first kappa shape index (κ1) is 15.2. The minimum Gasteiger partial charge on any atom is -0.494 e. The van der Waals surface area contributed by atoms with Crippen molar-refractivity contribution in [1.82, 2.24) is 0 Å². The molecule has 0 saturated heterocycles. The molecule has 0 aromatic heterocycles. The average molecular weight is 301 g/mol. The van der Waals surface area contributed by atoms with E-state index in [1.165, 1.54) is 0 Å². The molecular formula is C17H17ClN2O. The van der Waals surface area contributed by atoms with Crippen LogP contribution in [0.1, 0.15) is 31.0 Å². The summed E-state index contributed by atoms with van der Waals surface area (Å²) in [4.78, 5) is 0. The fourth-order valence-electron chi connectivity index (χ4n) is 2.07. The van der Waals surface area contributed by atoms with E-state index in [9.17, 15) is 0 Å². The van der Waals surface area contributed by atoms with E-state index in [1.54, 1.807) is 18.2 Å². The maximum absolute atomic E-state index is 9.14. The van der Waals surface area contributed by atoms with Crippen molar-refractivity contribution in [3.05, 3.63) is 58.6 Å². The van der Waals surface area contributed by atoms with Gasteiger partial charge in [-0.15, -0.1) is 0 Å². The van der Waals surface area contributed by atoms with Gasteiger partial charge >= 0.3 is 0 Å². The molecule has 1 N–H and O–H groups in total. The quantitative estimate of drug-likeness (QED) is 0.864.